The zero-order valence-corrected chi connectivity index (χ0v) is 11.7. The van der Waals surface area contributed by atoms with Gasteiger partial charge in [-0.15, -0.1) is 0 Å². The fourth-order valence-electron chi connectivity index (χ4n) is 1.67. The lowest BCUT2D eigenvalue weighted by Crippen LogP contribution is -2.35. The van der Waals surface area contributed by atoms with E-state index in [-0.39, 0.29) is 6.79 Å². The molecule has 1 N–H and O–H groups in total. The molecule has 2 rings (SSSR count). The van der Waals surface area contributed by atoms with Crippen LogP contribution in [0.15, 0.2) is 16.6 Å². The van der Waals surface area contributed by atoms with Crippen LogP contribution in [-0.4, -0.2) is 35.9 Å². The first-order valence-corrected chi connectivity index (χ1v) is 6.29. The molecule has 0 saturated carbocycles. The number of rotatable bonds is 4. The molecule has 1 atom stereocenters. The van der Waals surface area contributed by atoms with Gasteiger partial charge in [0.2, 0.25) is 6.79 Å². The van der Waals surface area contributed by atoms with E-state index in [0.717, 1.165) is 10.0 Å². The van der Waals surface area contributed by atoms with E-state index in [1.54, 1.807) is 18.9 Å². The summed E-state index contributed by atoms with van der Waals surface area (Å²) in [7, 11) is 1.77. The molecule has 0 aromatic heterocycles. The Morgan fingerprint density at radius 1 is 1.50 bits per heavy atom. The zero-order chi connectivity index (χ0) is 13.3. The Balaban J connectivity index is 2.17. The number of benzene rings is 1. The number of likely N-dealkylation sites (N-methyl/N-ethyl adjacent to an activating group) is 1. The molecule has 1 heterocycles. The summed E-state index contributed by atoms with van der Waals surface area (Å²) in [5.41, 5.74) is 0.967. The highest BCUT2D eigenvalue weighted by molar-refractivity contribution is 9.10. The second kappa shape index (κ2) is 5.16. The number of carboxylic acid groups (broad SMARTS) is 1. The van der Waals surface area contributed by atoms with Crippen molar-refractivity contribution in [3.05, 3.63) is 22.2 Å². The summed E-state index contributed by atoms with van der Waals surface area (Å²) in [6, 6.07) is 3.18. The summed E-state index contributed by atoms with van der Waals surface area (Å²) in [6.45, 7) is 2.40. The van der Waals surface area contributed by atoms with Crippen LogP contribution in [0.25, 0.3) is 0 Å². The first kappa shape index (κ1) is 13.2. The monoisotopic (exact) mass is 315 g/mol. The molecule has 6 heteroatoms. The summed E-state index contributed by atoms with van der Waals surface area (Å²) < 4.78 is 11.5. The maximum atomic E-state index is 10.9. The molecular formula is C12H14BrNO4. The largest absolute Gasteiger partial charge is 0.480 e. The Bertz CT molecular complexity index is 477. The molecule has 18 heavy (non-hydrogen) atoms. The van der Waals surface area contributed by atoms with E-state index in [2.05, 4.69) is 15.9 Å². The molecule has 0 bridgehead atoms. The molecule has 1 aliphatic rings. The Labute approximate surface area is 113 Å². The van der Waals surface area contributed by atoms with Crippen LogP contribution >= 0.6 is 15.9 Å². The van der Waals surface area contributed by atoms with Gasteiger partial charge in [-0.1, -0.05) is 15.9 Å². The second-order valence-electron chi connectivity index (χ2n) is 4.23. The van der Waals surface area contributed by atoms with Crippen molar-refractivity contribution in [2.45, 2.75) is 19.5 Å². The van der Waals surface area contributed by atoms with E-state index in [9.17, 15) is 4.79 Å². The highest BCUT2D eigenvalue weighted by atomic mass is 79.9. The number of carboxylic acids is 1. The van der Waals surface area contributed by atoms with Gasteiger partial charge in [0.15, 0.2) is 11.5 Å². The predicted octanol–water partition coefficient (Wildman–Crippen LogP) is 2.08. The van der Waals surface area contributed by atoms with Gasteiger partial charge in [0, 0.05) is 11.0 Å². The van der Waals surface area contributed by atoms with Crippen molar-refractivity contribution < 1.29 is 19.4 Å². The minimum absolute atomic E-state index is 0.229. The first-order chi connectivity index (χ1) is 8.49. The van der Waals surface area contributed by atoms with E-state index in [4.69, 9.17) is 14.6 Å². The van der Waals surface area contributed by atoms with Gasteiger partial charge in [-0.3, -0.25) is 9.69 Å². The van der Waals surface area contributed by atoms with Crippen LogP contribution in [0.5, 0.6) is 11.5 Å². The molecule has 0 aliphatic carbocycles. The Morgan fingerprint density at radius 3 is 2.72 bits per heavy atom. The van der Waals surface area contributed by atoms with Crippen LogP contribution in [0, 0.1) is 0 Å². The molecule has 1 aromatic rings. The van der Waals surface area contributed by atoms with Crippen molar-refractivity contribution in [1.82, 2.24) is 4.90 Å². The number of fused-ring (bicyclic) bond motifs is 1. The van der Waals surface area contributed by atoms with Gasteiger partial charge >= 0.3 is 5.97 Å². The van der Waals surface area contributed by atoms with E-state index in [0.29, 0.717) is 18.0 Å². The Kier molecular flexibility index (Phi) is 3.77. The van der Waals surface area contributed by atoms with Crippen LogP contribution < -0.4 is 9.47 Å². The number of aliphatic carboxylic acids is 1. The lowest BCUT2D eigenvalue weighted by Gasteiger charge is -2.21. The molecule has 0 radical (unpaired) electrons. The zero-order valence-electron chi connectivity index (χ0n) is 10.1. The average molecular weight is 316 g/mol. The van der Waals surface area contributed by atoms with E-state index >= 15 is 0 Å². The smallest absolute Gasteiger partial charge is 0.320 e. The Hall–Kier alpha value is -1.27. The minimum atomic E-state index is -0.839. The molecule has 1 aromatic carbocycles. The highest BCUT2D eigenvalue weighted by Gasteiger charge is 2.20. The van der Waals surface area contributed by atoms with E-state index in [1.165, 1.54) is 0 Å². The number of hydrogen-bond donors (Lipinski definition) is 1. The summed E-state index contributed by atoms with van der Waals surface area (Å²) in [4.78, 5) is 12.7. The predicted molar refractivity (Wildman–Crippen MR) is 68.8 cm³/mol. The minimum Gasteiger partial charge on any atom is -0.480 e. The van der Waals surface area contributed by atoms with E-state index in [1.807, 2.05) is 12.1 Å². The molecule has 98 valence electrons. The van der Waals surface area contributed by atoms with Crippen LogP contribution in [0.1, 0.15) is 12.5 Å². The van der Waals surface area contributed by atoms with E-state index < -0.39 is 12.0 Å². The molecule has 0 unspecified atom stereocenters. The quantitative estimate of drug-likeness (QED) is 0.922. The second-order valence-corrected chi connectivity index (χ2v) is 5.08. The van der Waals surface area contributed by atoms with Crippen molar-refractivity contribution >= 4 is 21.9 Å². The molecule has 0 spiro atoms. The average Bonchev–Trinajstić information content (AvgIpc) is 2.75. The molecular weight excluding hydrogens is 302 g/mol. The van der Waals surface area contributed by atoms with Crippen LogP contribution in [0.2, 0.25) is 0 Å². The number of carbonyl (C=O) groups is 1. The van der Waals surface area contributed by atoms with Crippen molar-refractivity contribution in [1.29, 1.82) is 0 Å². The maximum absolute atomic E-state index is 10.9. The van der Waals surface area contributed by atoms with Crippen LogP contribution in [0.3, 0.4) is 0 Å². The first-order valence-electron chi connectivity index (χ1n) is 5.50. The third-order valence-corrected chi connectivity index (χ3v) is 3.72. The molecule has 0 fully saturated rings. The number of nitrogens with zero attached hydrogens (tertiary/aromatic N) is 1. The fourth-order valence-corrected chi connectivity index (χ4v) is 2.12. The van der Waals surface area contributed by atoms with Gasteiger partial charge < -0.3 is 14.6 Å². The third-order valence-electron chi connectivity index (χ3n) is 2.98. The van der Waals surface area contributed by atoms with Crippen molar-refractivity contribution in [2.24, 2.45) is 0 Å². The summed E-state index contributed by atoms with van der Waals surface area (Å²) in [6.07, 6.45) is 0. The molecule has 0 saturated heterocycles. The molecule has 0 amide bonds. The van der Waals surface area contributed by atoms with Crippen molar-refractivity contribution in [3.63, 3.8) is 0 Å². The molecule has 5 nitrogen and oxygen atoms in total. The van der Waals surface area contributed by atoms with Crippen LogP contribution in [0.4, 0.5) is 0 Å². The number of halogens is 1. The normalized spacial score (nSPS) is 14.9. The Morgan fingerprint density at radius 2 is 2.11 bits per heavy atom. The summed E-state index contributed by atoms with van der Waals surface area (Å²) in [5.74, 6) is 0.568. The number of ether oxygens (including phenoxy) is 2. The lowest BCUT2D eigenvalue weighted by atomic mass is 10.1. The number of hydrogen-bond acceptors (Lipinski definition) is 4. The van der Waals surface area contributed by atoms with Crippen molar-refractivity contribution in [2.75, 3.05) is 13.8 Å². The fraction of sp³-hybridized carbons (Fsp3) is 0.417. The van der Waals surface area contributed by atoms with Gasteiger partial charge in [-0.05, 0) is 31.7 Å². The third kappa shape index (κ3) is 2.59. The van der Waals surface area contributed by atoms with Gasteiger partial charge in [0.25, 0.3) is 0 Å². The van der Waals surface area contributed by atoms with Gasteiger partial charge in [0.1, 0.15) is 6.04 Å². The SMILES string of the molecule is C[C@H](C(=O)O)N(C)Cc1cc2c(cc1Br)OCO2. The lowest BCUT2D eigenvalue weighted by molar-refractivity contribution is -0.142. The van der Waals surface area contributed by atoms with Crippen LogP contribution in [-0.2, 0) is 11.3 Å². The van der Waals surface area contributed by atoms with Crippen molar-refractivity contribution in [3.8, 4) is 11.5 Å². The summed E-state index contributed by atoms with van der Waals surface area (Å²) >= 11 is 3.45. The van der Waals surface area contributed by atoms with Gasteiger partial charge in [-0.25, -0.2) is 0 Å². The maximum Gasteiger partial charge on any atom is 0.320 e. The molecule has 1 aliphatic heterocycles. The standard InChI is InChI=1S/C12H14BrNO4/c1-7(12(15)16)14(2)5-8-3-10-11(4-9(8)13)18-6-17-10/h3-4,7H,5-6H2,1-2H3,(H,15,16)/t7-/m1/s1. The summed E-state index contributed by atoms with van der Waals surface area (Å²) in [5, 5.41) is 8.96. The van der Waals surface area contributed by atoms with Gasteiger partial charge in [0.05, 0.1) is 0 Å². The topological polar surface area (TPSA) is 59.0 Å². The van der Waals surface area contributed by atoms with Gasteiger partial charge in [-0.2, -0.15) is 0 Å². The highest BCUT2D eigenvalue weighted by Crippen LogP contribution is 2.37.